The molecule has 3 aromatic heterocycles. The van der Waals surface area contributed by atoms with Gasteiger partial charge in [0, 0.05) is 39.5 Å². The van der Waals surface area contributed by atoms with Crippen LogP contribution in [0.1, 0.15) is 12.1 Å². The third-order valence-corrected chi connectivity index (χ3v) is 5.70. The van der Waals surface area contributed by atoms with E-state index in [1.807, 2.05) is 13.0 Å². The topological polar surface area (TPSA) is 118 Å². The number of nitrogens with zero attached hydrogens (tertiary/aromatic N) is 5. The Morgan fingerprint density at radius 2 is 1.94 bits per heavy atom. The lowest BCUT2D eigenvalue weighted by molar-refractivity contribution is -0.184. The summed E-state index contributed by atoms with van der Waals surface area (Å²) < 4.78 is 12.8. The number of halogens is 1. The van der Waals surface area contributed by atoms with Crippen molar-refractivity contribution < 1.29 is 9.47 Å². The minimum absolute atomic E-state index is 0.0792. The number of ether oxygens (including phenoxy) is 2. The van der Waals surface area contributed by atoms with Gasteiger partial charge >= 0.3 is 0 Å². The standard InChI is InChI=1S/C23H21ClN6O3/c1-13-9-26-11-19(28-13)14-3-4-16(18(24)8-14)17-7-15-10-27-23(25)29-21(15)30(22(17)31)12-20-32-5-2-6-33-20/h3-4,7-11,20H,2,5-6,12H2,1H3,(H2,25,27,29). The number of hydrogen-bond donors (Lipinski definition) is 1. The fourth-order valence-electron chi connectivity index (χ4n) is 3.82. The molecular weight excluding hydrogens is 444 g/mol. The smallest absolute Gasteiger partial charge is 0.260 e. The number of nitrogen functional groups attached to an aromatic ring is 1. The van der Waals surface area contributed by atoms with Crippen molar-refractivity contribution in [2.24, 2.45) is 0 Å². The van der Waals surface area contributed by atoms with Gasteiger partial charge in [-0.1, -0.05) is 23.7 Å². The van der Waals surface area contributed by atoms with E-state index in [0.717, 1.165) is 17.7 Å². The second-order valence-corrected chi connectivity index (χ2v) is 8.15. The van der Waals surface area contributed by atoms with E-state index < -0.39 is 6.29 Å². The Morgan fingerprint density at radius 3 is 2.70 bits per heavy atom. The molecule has 0 saturated carbocycles. The molecule has 0 aliphatic carbocycles. The SMILES string of the molecule is Cc1cncc(-c2ccc(-c3cc4cnc(N)nc4n(CC4OCCCO4)c3=O)c(Cl)c2)n1. The Kier molecular flexibility index (Phi) is 5.76. The van der Waals surface area contributed by atoms with E-state index in [1.165, 1.54) is 4.57 Å². The maximum atomic E-state index is 13.6. The second-order valence-electron chi connectivity index (χ2n) is 7.75. The molecule has 0 spiro atoms. The van der Waals surface area contributed by atoms with Gasteiger partial charge in [-0.2, -0.15) is 4.98 Å². The molecule has 1 aliphatic rings. The first-order valence-electron chi connectivity index (χ1n) is 10.5. The van der Waals surface area contributed by atoms with Gasteiger partial charge in [-0.15, -0.1) is 0 Å². The van der Waals surface area contributed by atoms with Crippen molar-refractivity contribution >= 4 is 28.6 Å². The lowest BCUT2D eigenvalue weighted by atomic mass is 10.0. The van der Waals surface area contributed by atoms with Gasteiger partial charge in [-0.3, -0.25) is 14.3 Å². The lowest BCUT2D eigenvalue weighted by Gasteiger charge is -2.24. The zero-order chi connectivity index (χ0) is 22.9. The molecule has 5 rings (SSSR count). The minimum Gasteiger partial charge on any atom is -0.368 e. The average molecular weight is 465 g/mol. The molecule has 0 bridgehead atoms. The van der Waals surface area contributed by atoms with Crippen molar-refractivity contribution in [2.75, 3.05) is 18.9 Å². The number of benzene rings is 1. The number of nitrogens with two attached hydrogens (primary N) is 1. The summed E-state index contributed by atoms with van der Waals surface area (Å²) in [6.07, 6.45) is 5.21. The Bertz CT molecular complexity index is 1400. The van der Waals surface area contributed by atoms with Crippen LogP contribution >= 0.6 is 11.6 Å². The minimum atomic E-state index is -0.552. The third-order valence-electron chi connectivity index (χ3n) is 5.38. The number of aryl methyl sites for hydroxylation is 1. The summed E-state index contributed by atoms with van der Waals surface area (Å²) in [6, 6.07) is 7.18. The molecule has 1 aromatic carbocycles. The Balaban J connectivity index is 1.63. The summed E-state index contributed by atoms with van der Waals surface area (Å²) in [5.41, 5.74) is 9.25. The van der Waals surface area contributed by atoms with Crippen LogP contribution in [0.15, 0.2) is 47.7 Å². The molecule has 33 heavy (non-hydrogen) atoms. The van der Waals surface area contributed by atoms with Crippen molar-refractivity contribution in [3.63, 3.8) is 0 Å². The molecule has 1 fully saturated rings. The van der Waals surface area contributed by atoms with Gasteiger partial charge in [0.05, 0.1) is 37.3 Å². The van der Waals surface area contributed by atoms with Crippen LogP contribution in [0.2, 0.25) is 5.02 Å². The highest BCUT2D eigenvalue weighted by molar-refractivity contribution is 6.33. The first kappa shape index (κ1) is 21.4. The lowest BCUT2D eigenvalue weighted by Crippen LogP contribution is -2.34. The monoisotopic (exact) mass is 464 g/mol. The van der Waals surface area contributed by atoms with E-state index >= 15 is 0 Å². The van der Waals surface area contributed by atoms with Crippen LogP contribution in [0.25, 0.3) is 33.4 Å². The van der Waals surface area contributed by atoms with Gasteiger partial charge in [0.1, 0.15) is 5.65 Å². The van der Waals surface area contributed by atoms with Crippen LogP contribution in [0, 0.1) is 6.92 Å². The zero-order valence-electron chi connectivity index (χ0n) is 17.9. The molecule has 4 aromatic rings. The van der Waals surface area contributed by atoms with Crippen LogP contribution in [-0.4, -0.2) is 44.0 Å². The van der Waals surface area contributed by atoms with E-state index in [1.54, 1.807) is 36.8 Å². The number of rotatable bonds is 4. The summed E-state index contributed by atoms with van der Waals surface area (Å²) in [4.78, 5) is 30.6. The van der Waals surface area contributed by atoms with Crippen LogP contribution in [0.5, 0.6) is 0 Å². The Labute approximate surface area is 194 Å². The molecule has 9 nitrogen and oxygen atoms in total. The fourth-order valence-corrected chi connectivity index (χ4v) is 4.10. The molecule has 1 aliphatic heterocycles. The van der Waals surface area contributed by atoms with E-state index in [-0.39, 0.29) is 18.1 Å². The van der Waals surface area contributed by atoms with Crippen LogP contribution in [0.3, 0.4) is 0 Å². The Morgan fingerprint density at radius 1 is 1.12 bits per heavy atom. The molecule has 10 heteroatoms. The predicted octanol–water partition coefficient (Wildman–Crippen LogP) is 3.22. The average Bonchev–Trinajstić information content (AvgIpc) is 2.82. The summed E-state index contributed by atoms with van der Waals surface area (Å²) in [5.74, 6) is 0.0792. The first-order valence-corrected chi connectivity index (χ1v) is 10.9. The van der Waals surface area contributed by atoms with Crippen molar-refractivity contribution in [2.45, 2.75) is 26.2 Å². The second kappa shape index (κ2) is 8.86. The number of hydrogen-bond acceptors (Lipinski definition) is 8. The number of pyridine rings is 1. The number of anilines is 1. The summed E-state index contributed by atoms with van der Waals surface area (Å²) in [7, 11) is 0. The molecule has 4 heterocycles. The van der Waals surface area contributed by atoms with Crippen LogP contribution in [0.4, 0.5) is 5.95 Å². The fraction of sp³-hybridized carbons (Fsp3) is 0.261. The van der Waals surface area contributed by atoms with Gasteiger partial charge in [0.2, 0.25) is 5.95 Å². The molecule has 168 valence electrons. The molecular formula is C23H21ClN6O3. The molecule has 0 atom stereocenters. The molecule has 0 unspecified atom stereocenters. The highest BCUT2D eigenvalue weighted by Gasteiger charge is 2.21. The summed E-state index contributed by atoms with van der Waals surface area (Å²) in [6.45, 7) is 3.19. The highest BCUT2D eigenvalue weighted by Crippen LogP contribution is 2.31. The van der Waals surface area contributed by atoms with E-state index in [0.29, 0.717) is 46.1 Å². The van der Waals surface area contributed by atoms with E-state index in [9.17, 15) is 4.79 Å². The van der Waals surface area contributed by atoms with E-state index in [4.69, 9.17) is 26.8 Å². The van der Waals surface area contributed by atoms with Gasteiger partial charge in [-0.25, -0.2) is 9.97 Å². The van der Waals surface area contributed by atoms with Crippen molar-refractivity contribution in [1.29, 1.82) is 0 Å². The molecule has 0 amide bonds. The predicted molar refractivity (Wildman–Crippen MR) is 125 cm³/mol. The summed E-state index contributed by atoms with van der Waals surface area (Å²) >= 11 is 6.65. The van der Waals surface area contributed by atoms with Crippen molar-refractivity contribution in [3.05, 3.63) is 63.9 Å². The quantitative estimate of drug-likeness (QED) is 0.489. The normalized spacial score (nSPS) is 14.6. The third kappa shape index (κ3) is 4.30. The van der Waals surface area contributed by atoms with Gasteiger partial charge in [0.25, 0.3) is 5.56 Å². The van der Waals surface area contributed by atoms with Crippen LogP contribution < -0.4 is 11.3 Å². The highest BCUT2D eigenvalue weighted by atomic mass is 35.5. The first-order chi connectivity index (χ1) is 16.0. The summed E-state index contributed by atoms with van der Waals surface area (Å²) in [5, 5.41) is 1.07. The van der Waals surface area contributed by atoms with E-state index in [2.05, 4.69) is 19.9 Å². The number of aromatic nitrogens is 5. The molecule has 1 saturated heterocycles. The number of fused-ring (bicyclic) bond motifs is 1. The molecule has 0 radical (unpaired) electrons. The van der Waals surface area contributed by atoms with Crippen molar-refractivity contribution in [1.82, 2.24) is 24.5 Å². The van der Waals surface area contributed by atoms with Crippen LogP contribution in [-0.2, 0) is 16.0 Å². The molecule has 2 N–H and O–H groups in total. The maximum Gasteiger partial charge on any atom is 0.260 e. The zero-order valence-corrected chi connectivity index (χ0v) is 18.6. The van der Waals surface area contributed by atoms with Gasteiger partial charge < -0.3 is 15.2 Å². The maximum absolute atomic E-state index is 13.6. The van der Waals surface area contributed by atoms with Gasteiger partial charge in [-0.05, 0) is 25.5 Å². The Hall–Kier alpha value is -3.40. The van der Waals surface area contributed by atoms with Gasteiger partial charge in [0.15, 0.2) is 6.29 Å². The van der Waals surface area contributed by atoms with Crippen molar-refractivity contribution in [3.8, 4) is 22.4 Å². The largest absolute Gasteiger partial charge is 0.368 e.